The number of amides is 1. The first kappa shape index (κ1) is 22.3. The molecular weight excluding hydrogens is 376 g/mol. The molecule has 0 aromatic heterocycles. The number of carbonyl (C=O) groups is 1. The first-order valence-electron chi connectivity index (χ1n) is 9.77. The molecule has 1 N–H and O–H groups in total. The molecule has 1 aromatic rings. The number of methoxy groups -OCH3 is 1. The number of halogens is 1. The van der Waals surface area contributed by atoms with Crippen LogP contribution < -0.4 is 14.8 Å². The maximum absolute atomic E-state index is 12.3. The van der Waals surface area contributed by atoms with Crippen LogP contribution in [-0.2, 0) is 4.79 Å². The molecule has 154 valence electrons. The molecule has 1 amide bonds. The van der Waals surface area contributed by atoms with Gasteiger partial charge in [-0.05, 0) is 57.4 Å². The van der Waals surface area contributed by atoms with Crippen molar-refractivity contribution in [3.05, 3.63) is 40.4 Å². The summed E-state index contributed by atoms with van der Waals surface area (Å²) in [5.74, 6) is 0.984. The van der Waals surface area contributed by atoms with Crippen molar-refractivity contribution in [2.75, 3.05) is 33.4 Å². The number of nitrogens with zero attached hydrogens (tertiary/aromatic N) is 1. The predicted molar refractivity (Wildman–Crippen MR) is 115 cm³/mol. The van der Waals surface area contributed by atoms with Gasteiger partial charge in [-0.15, -0.1) is 0 Å². The molecule has 1 heterocycles. The van der Waals surface area contributed by atoms with Crippen LogP contribution >= 0.6 is 11.6 Å². The maximum atomic E-state index is 12.3. The van der Waals surface area contributed by atoms with E-state index in [9.17, 15) is 4.79 Å². The Bertz CT molecular complexity index is 719. The molecular formula is C22H31ClN2O3. The fourth-order valence-electron chi connectivity index (χ4n) is 3.11. The van der Waals surface area contributed by atoms with Crippen LogP contribution in [-0.4, -0.2) is 50.2 Å². The molecule has 0 aliphatic carbocycles. The van der Waals surface area contributed by atoms with Crippen LogP contribution in [0.25, 0.3) is 6.08 Å². The summed E-state index contributed by atoms with van der Waals surface area (Å²) < 4.78 is 10.9. The summed E-state index contributed by atoms with van der Waals surface area (Å²) in [6.07, 6.45) is 7.47. The lowest BCUT2D eigenvalue weighted by Crippen LogP contribution is -2.44. The van der Waals surface area contributed by atoms with Crippen molar-refractivity contribution in [1.29, 1.82) is 0 Å². The van der Waals surface area contributed by atoms with E-state index in [1.54, 1.807) is 25.3 Å². The van der Waals surface area contributed by atoms with Crippen LogP contribution in [0.1, 0.15) is 39.2 Å². The number of rotatable bonds is 8. The zero-order chi connectivity index (χ0) is 20.5. The van der Waals surface area contributed by atoms with Crippen LogP contribution in [0.15, 0.2) is 29.9 Å². The van der Waals surface area contributed by atoms with Gasteiger partial charge in [0, 0.05) is 31.8 Å². The molecule has 1 aromatic carbocycles. The standard InChI is InChI=1S/C22H31ClN2O3/c1-5-28-22-19(23)14-17(15-20(22)27-4)6-7-21(26)24-18-9-12-25(13-10-18)11-8-16(2)3/h6-8,14-15,18H,5,9-13H2,1-4H3,(H,24,26)/b7-6+. The van der Waals surface area contributed by atoms with Crippen molar-refractivity contribution >= 4 is 23.6 Å². The van der Waals surface area contributed by atoms with Crippen LogP contribution in [0.5, 0.6) is 11.5 Å². The monoisotopic (exact) mass is 406 g/mol. The van der Waals surface area contributed by atoms with Gasteiger partial charge in [-0.1, -0.05) is 23.3 Å². The summed E-state index contributed by atoms with van der Waals surface area (Å²) in [6, 6.07) is 3.79. The van der Waals surface area contributed by atoms with E-state index in [-0.39, 0.29) is 11.9 Å². The zero-order valence-corrected chi connectivity index (χ0v) is 18.0. The molecule has 0 atom stereocenters. The van der Waals surface area contributed by atoms with Crippen molar-refractivity contribution in [3.63, 3.8) is 0 Å². The molecule has 5 nitrogen and oxygen atoms in total. The second-order valence-corrected chi connectivity index (χ2v) is 7.57. The Hall–Kier alpha value is -1.98. The summed E-state index contributed by atoms with van der Waals surface area (Å²) in [5.41, 5.74) is 2.13. The number of benzene rings is 1. The van der Waals surface area contributed by atoms with Crippen molar-refractivity contribution in [1.82, 2.24) is 10.2 Å². The molecule has 0 spiro atoms. The number of carbonyl (C=O) groups excluding carboxylic acids is 1. The van der Waals surface area contributed by atoms with E-state index in [0.29, 0.717) is 23.1 Å². The Labute approximate surface area is 173 Å². The average Bonchev–Trinajstić information content (AvgIpc) is 2.67. The first-order valence-corrected chi connectivity index (χ1v) is 10.1. The molecule has 0 unspecified atom stereocenters. The summed E-state index contributed by atoms with van der Waals surface area (Å²) >= 11 is 6.27. The quantitative estimate of drug-likeness (QED) is 0.516. The highest BCUT2D eigenvalue weighted by Gasteiger charge is 2.19. The van der Waals surface area contributed by atoms with Crippen LogP contribution in [0.2, 0.25) is 5.02 Å². The van der Waals surface area contributed by atoms with Gasteiger partial charge < -0.3 is 14.8 Å². The lowest BCUT2D eigenvalue weighted by molar-refractivity contribution is -0.117. The summed E-state index contributed by atoms with van der Waals surface area (Å²) in [7, 11) is 1.57. The number of nitrogens with one attached hydrogen (secondary N) is 1. The van der Waals surface area contributed by atoms with Crippen molar-refractivity contribution in [3.8, 4) is 11.5 Å². The second kappa shape index (κ2) is 11.1. The lowest BCUT2D eigenvalue weighted by Gasteiger charge is -2.31. The van der Waals surface area contributed by atoms with Crippen molar-refractivity contribution < 1.29 is 14.3 Å². The molecule has 2 rings (SSSR count). The Morgan fingerprint density at radius 2 is 2.04 bits per heavy atom. The molecule has 6 heteroatoms. The summed E-state index contributed by atoms with van der Waals surface area (Å²) in [4.78, 5) is 14.7. The third-order valence-corrected chi connectivity index (χ3v) is 4.94. The highest BCUT2D eigenvalue weighted by molar-refractivity contribution is 6.32. The van der Waals surface area contributed by atoms with E-state index in [1.165, 1.54) is 5.57 Å². The summed E-state index contributed by atoms with van der Waals surface area (Å²) in [6.45, 7) is 9.62. The van der Waals surface area contributed by atoms with Crippen LogP contribution in [0, 0.1) is 0 Å². The molecule has 1 aliphatic heterocycles. The van der Waals surface area contributed by atoms with E-state index < -0.39 is 0 Å². The van der Waals surface area contributed by atoms with Gasteiger partial charge in [0.1, 0.15) is 0 Å². The van der Waals surface area contributed by atoms with Crippen LogP contribution in [0.3, 0.4) is 0 Å². The van der Waals surface area contributed by atoms with Gasteiger partial charge in [0.25, 0.3) is 0 Å². The number of ether oxygens (including phenoxy) is 2. The van der Waals surface area contributed by atoms with E-state index in [0.717, 1.165) is 38.0 Å². The minimum absolute atomic E-state index is 0.0910. The molecule has 1 saturated heterocycles. The first-order chi connectivity index (χ1) is 13.4. The zero-order valence-electron chi connectivity index (χ0n) is 17.3. The molecule has 28 heavy (non-hydrogen) atoms. The lowest BCUT2D eigenvalue weighted by atomic mass is 10.0. The van der Waals surface area contributed by atoms with Gasteiger partial charge >= 0.3 is 0 Å². The molecule has 1 aliphatic rings. The highest BCUT2D eigenvalue weighted by atomic mass is 35.5. The molecule has 0 radical (unpaired) electrons. The number of allylic oxidation sites excluding steroid dienone is 1. The normalized spacial score (nSPS) is 15.5. The third kappa shape index (κ3) is 6.88. The van der Waals surface area contributed by atoms with E-state index >= 15 is 0 Å². The molecule has 1 fully saturated rings. The smallest absolute Gasteiger partial charge is 0.244 e. The Morgan fingerprint density at radius 1 is 1.32 bits per heavy atom. The van der Waals surface area contributed by atoms with E-state index in [2.05, 4.69) is 30.1 Å². The predicted octanol–water partition coefficient (Wildman–Crippen LogP) is 4.31. The molecule has 0 bridgehead atoms. The number of hydrogen-bond donors (Lipinski definition) is 1. The van der Waals surface area contributed by atoms with Crippen molar-refractivity contribution in [2.24, 2.45) is 0 Å². The third-order valence-electron chi connectivity index (χ3n) is 4.66. The van der Waals surface area contributed by atoms with Gasteiger partial charge in [-0.25, -0.2) is 0 Å². The minimum Gasteiger partial charge on any atom is -0.493 e. The second-order valence-electron chi connectivity index (χ2n) is 7.17. The highest BCUT2D eigenvalue weighted by Crippen LogP contribution is 2.36. The minimum atomic E-state index is -0.0910. The SMILES string of the molecule is CCOc1c(Cl)cc(/C=C/C(=O)NC2CCN(CC=C(C)C)CC2)cc1OC. The molecule has 0 saturated carbocycles. The van der Waals surface area contributed by atoms with Gasteiger partial charge in [-0.2, -0.15) is 0 Å². The van der Waals surface area contributed by atoms with Gasteiger partial charge in [0.05, 0.1) is 18.7 Å². The number of likely N-dealkylation sites (tertiary alicyclic amines) is 1. The van der Waals surface area contributed by atoms with Gasteiger partial charge in [0.15, 0.2) is 11.5 Å². The van der Waals surface area contributed by atoms with E-state index in [1.807, 2.05) is 13.0 Å². The fraction of sp³-hybridized carbons (Fsp3) is 0.500. The van der Waals surface area contributed by atoms with Gasteiger partial charge in [-0.3, -0.25) is 9.69 Å². The summed E-state index contributed by atoms with van der Waals surface area (Å²) in [5, 5.41) is 3.56. The topological polar surface area (TPSA) is 50.8 Å². The fourth-order valence-corrected chi connectivity index (χ4v) is 3.39. The number of piperidine rings is 1. The Kier molecular flexibility index (Phi) is 8.87. The van der Waals surface area contributed by atoms with Gasteiger partial charge in [0.2, 0.25) is 5.91 Å². The Morgan fingerprint density at radius 3 is 2.64 bits per heavy atom. The van der Waals surface area contributed by atoms with Crippen LogP contribution in [0.4, 0.5) is 0 Å². The average molecular weight is 407 g/mol. The number of hydrogen-bond acceptors (Lipinski definition) is 4. The van der Waals surface area contributed by atoms with Crippen molar-refractivity contribution in [2.45, 2.75) is 39.7 Å². The maximum Gasteiger partial charge on any atom is 0.244 e. The van der Waals surface area contributed by atoms with E-state index in [4.69, 9.17) is 21.1 Å². The largest absolute Gasteiger partial charge is 0.493 e. The Balaban J connectivity index is 1.89.